The number of rotatable bonds is 2. The van der Waals surface area contributed by atoms with Crippen LogP contribution >= 0.6 is 11.6 Å². The number of carbonyl (C=O) groups is 1. The van der Waals surface area contributed by atoms with Gasteiger partial charge < -0.3 is 10.2 Å². The fourth-order valence-corrected chi connectivity index (χ4v) is 2.74. The molecule has 0 amide bonds. The molecule has 0 heterocycles. The summed E-state index contributed by atoms with van der Waals surface area (Å²) in [5.74, 6) is -1.76. The normalized spacial score (nSPS) is 32.0. The Kier molecular flexibility index (Phi) is 2.67. The van der Waals surface area contributed by atoms with E-state index in [1.54, 1.807) is 6.92 Å². The first kappa shape index (κ1) is 12.3. The second-order valence-corrected chi connectivity index (χ2v) is 5.30. The molecule has 0 saturated heterocycles. The van der Waals surface area contributed by atoms with Crippen LogP contribution in [-0.4, -0.2) is 21.8 Å². The highest BCUT2D eigenvalue weighted by Gasteiger charge is 2.58. The number of benzene rings is 1. The molecule has 5 heteroatoms. The van der Waals surface area contributed by atoms with Crippen molar-refractivity contribution in [3.8, 4) is 0 Å². The summed E-state index contributed by atoms with van der Waals surface area (Å²) in [5.41, 5.74) is -2.30. The van der Waals surface area contributed by atoms with Crippen molar-refractivity contribution in [2.75, 3.05) is 0 Å². The van der Waals surface area contributed by atoms with Crippen LogP contribution in [0, 0.1) is 5.82 Å². The minimum atomic E-state index is -1.34. The standard InChI is InChI=1S/C12H12ClFO3/c1-11(17)5-12(6-11,10(15)16)8-3-2-7(13)4-9(8)14/h2-4,17H,5-6H2,1H3,(H,15,16)/t11-,12-. The highest BCUT2D eigenvalue weighted by Crippen LogP contribution is 2.51. The van der Waals surface area contributed by atoms with Crippen molar-refractivity contribution >= 4 is 17.6 Å². The summed E-state index contributed by atoms with van der Waals surface area (Å²) >= 11 is 5.63. The largest absolute Gasteiger partial charge is 0.481 e. The third-order valence-electron chi connectivity index (χ3n) is 3.22. The molecular weight excluding hydrogens is 247 g/mol. The van der Waals surface area contributed by atoms with E-state index in [0.717, 1.165) is 6.07 Å². The fraction of sp³-hybridized carbons (Fsp3) is 0.417. The van der Waals surface area contributed by atoms with Crippen LogP contribution in [0.3, 0.4) is 0 Å². The first-order chi connectivity index (χ1) is 7.77. The Bertz CT molecular complexity index is 477. The first-order valence-electron chi connectivity index (χ1n) is 5.18. The maximum atomic E-state index is 13.7. The molecular formula is C12H12ClFO3. The molecule has 0 spiro atoms. The van der Waals surface area contributed by atoms with Crippen LogP contribution in [0.15, 0.2) is 18.2 Å². The quantitative estimate of drug-likeness (QED) is 0.856. The van der Waals surface area contributed by atoms with Crippen molar-refractivity contribution in [2.45, 2.75) is 30.8 Å². The van der Waals surface area contributed by atoms with Gasteiger partial charge in [0.1, 0.15) is 11.2 Å². The number of hydrogen-bond acceptors (Lipinski definition) is 2. The lowest BCUT2D eigenvalue weighted by Gasteiger charge is -2.49. The fourth-order valence-electron chi connectivity index (χ4n) is 2.58. The van der Waals surface area contributed by atoms with Gasteiger partial charge >= 0.3 is 5.97 Å². The second kappa shape index (κ2) is 3.68. The molecule has 1 aliphatic carbocycles. The molecule has 1 aromatic rings. The highest BCUT2D eigenvalue weighted by molar-refractivity contribution is 6.30. The van der Waals surface area contributed by atoms with Crippen LogP contribution < -0.4 is 0 Å². The van der Waals surface area contributed by atoms with Gasteiger partial charge in [0.2, 0.25) is 0 Å². The van der Waals surface area contributed by atoms with Crippen LogP contribution in [0.4, 0.5) is 4.39 Å². The van der Waals surface area contributed by atoms with E-state index in [1.807, 2.05) is 0 Å². The summed E-state index contributed by atoms with van der Waals surface area (Å²) in [6.07, 6.45) is 0.0156. The lowest BCUT2D eigenvalue weighted by atomic mass is 9.56. The molecule has 1 aromatic carbocycles. The Morgan fingerprint density at radius 1 is 1.47 bits per heavy atom. The minimum absolute atomic E-state index is 0.00782. The van der Waals surface area contributed by atoms with Gasteiger partial charge in [0.05, 0.1) is 5.60 Å². The Hall–Kier alpha value is -1.13. The average Bonchev–Trinajstić information content (AvgIpc) is 2.13. The maximum absolute atomic E-state index is 13.7. The van der Waals surface area contributed by atoms with Crippen molar-refractivity contribution in [1.82, 2.24) is 0 Å². The van der Waals surface area contributed by atoms with Crippen LogP contribution in [-0.2, 0) is 10.2 Å². The van der Waals surface area contributed by atoms with Crippen molar-refractivity contribution in [3.05, 3.63) is 34.6 Å². The molecule has 0 atom stereocenters. The summed E-state index contributed by atoms with van der Waals surface area (Å²) in [6.45, 7) is 1.54. The van der Waals surface area contributed by atoms with Gasteiger partial charge in [-0.2, -0.15) is 0 Å². The van der Waals surface area contributed by atoms with Crippen molar-refractivity contribution in [1.29, 1.82) is 0 Å². The molecule has 0 bridgehead atoms. The van der Waals surface area contributed by atoms with Crippen LogP contribution in [0.2, 0.25) is 5.02 Å². The molecule has 1 aliphatic rings. The van der Waals surface area contributed by atoms with Gasteiger partial charge in [0, 0.05) is 10.6 Å². The molecule has 2 N–H and O–H groups in total. The Morgan fingerprint density at radius 2 is 2.06 bits per heavy atom. The Morgan fingerprint density at radius 3 is 2.47 bits per heavy atom. The molecule has 17 heavy (non-hydrogen) atoms. The first-order valence-corrected chi connectivity index (χ1v) is 5.56. The van der Waals surface area contributed by atoms with Gasteiger partial charge in [0.15, 0.2) is 0 Å². The van der Waals surface area contributed by atoms with Gasteiger partial charge in [-0.25, -0.2) is 4.39 Å². The lowest BCUT2D eigenvalue weighted by molar-refractivity contribution is -0.162. The van der Waals surface area contributed by atoms with Crippen molar-refractivity contribution in [3.63, 3.8) is 0 Å². The van der Waals surface area contributed by atoms with Crippen molar-refractivity contribution in [2.24, 2.45) is 0 Å². The Labute approximate surface area is 103 Å². The third-order valence-corrected chi connectivity index (χ3v) is 3.46. The predicted octanol–water partition coefficient (Wildman–Crippen LogP) is 2.35. The molecule has 3 nitrogen and oxygen atoms in total. The second-order valence-electron chi connectivity index (χ2n) is 4.86. The van der Waals surface area contributed by atoms with E-state index in [1.165, 1.54) is 12.1 Å². The zero-order valence-electron chi connectivity index (χ0n) is 9.20. The van der Waals surface area contributed by atoms with E-state index in [9.17, 15) is 19.4 Å². The zero-order chi connectivity index (χ0) is 12.8. The molecule has 0 aromatic heterocycles. The van der Waals surface area contributed by atoms with Crippen LogP contribution in [0.1, 0.15) is 25.3 Å². The summed E-state index contributed by atoms with van der Waals surface area (Å²) in [5, 5.41) is 19.2. The average molecular weight is 259 g/mol. The number of halogens is 2. The SMILES string of the molecule is C[C@]1(O)C[C@@](C(=O)O)(c2ccc(Cl)cc2F)C1. The van der Waals surface area contributed by atoms with Gasteiger partial charge in [-0.05, 0) is 31.9 Å². The summed E-state index contributed by atoms with van der Waals surface area (Å²) in [6, 6.07) is 3.92. The van der Waals surface area contributed by atoms with E-state index < -0.39 is 22.8 Å². The van der Waals surface area contributed by atoms with E-state index in [0.29, 0.717) is 0 Å². The number of carboxylic acid groups (broad SMARTS) is 1. The van der Waals surface area contributed by atoms with Gasteiger partial charge in [-0.1, -0.05) is 17.7 Å². The van der Waals surface area contributed by atoms with Crippen molar-refractivity contribution < 1.29 is 19.4 Å². The van der Waals surface area contributed by atoms with Crippen LogP contribution in [0.25, 0.3) is 0 Å². The molecule has 2 rings (SSSR count). The van der Waals surface area contributed by atoms with Gasteiger partial charge in [0.25, 0.3) is 0 Å². The molecule has 1 saturated carbocycles. The summed E-state index contributed by atoms with van der Waals surface area (Å²) < 4.78 is 13.7. The van der Waals surface area contributed by atoms with E-state index in [4.69, 9.17) is 11.6 Å². The van der Waals surface area contributed by atoms with E-state index in [2.05, 4.69) is 0 Å². The maximum Gasteiger partial charge on any atom is 0.314 e. The lowest BCUT2D eigenvalue weighted by Crippen LogP contribution is -2.57. The Balaban J connectivity index is 2.46. The summed E-state index contributed by atoms with van der Waals surface area (Å²) in [7, 11) is 0. The van der Waals surface area contributed by atoms with E-state index in [-0.39, 0.29) is 23.4 Å². The van der Waals surface area contributed by atoms with Gasteiger partial charge in [-0.15, -0.1) is 0 Å². The molecule has 92 valence electrons. The molecule has 1 fully saturated rings. The number of aliphatic hydroxyl groups is 1. The predicted molar refractivity (Wildman–Crippen MR) is 60.6 cm³/mol. The van der Waals surface area contributed by atoms with Gasteiger partial charge in [-0.3, -0.25) is 4.79 Å². The number of hydrogen-bond donors (Lipinski definition) is 2. The zero-order valence-corrected chi connectivity index (χ0v) is 9.96. The monoisotopic (exact) mass is 258 g/mol. The molecule has 0 aliphatic heterocycles. The smallest absolute Gasteiger partial charge is 0.314 e. The topological polar surface area (TPSA) is 57.5 Å². The van der Waals surface area contributed by atoms with E-state index >= 15 is 0 Å². The summed E-state index contributed by atoms with van der Waals surface area (Å²) in [4.78, 5) is 11.3. The van der Waals surface area contributed by atoms with Crippen LogP contribution in [0.5, 0.6) is 0 Å². The third kappa shape index (κ3) is 1.91. The molecule has 0 radical (unpaired) electrons. The number of aliphatic carboxylic acids is 1. The number of carboxylic acids is 1. The molecule has 0 unspecified atom stereocenters. The minimum Gasteiger partial charge on any atom is -0.481 e. The highest BCUT2D eigenvalue weighted by atomic mass is 35.5.